The van der Waals surface area contributed by atoms with Gasteiger partial charge < -0.3 is 5.32 Å². The van der Waals surface area contributed by atoms with E-state index in [0.717, 1.165) is 0 Å². The van der Waals surface area contributed by atoms with Crippen molar-refractivity contribution in [2.45, 2.75) is 25.5 Å². The molecule has 16 heavy (non-hydrogen) atoms. The number of nitrogens with one attached hydrogen (secondary N) is 2. The van der Waals surface area contributed by atoms with Crippen LogP contribution < -0.4 is 10.0 Å². The van der Waals surface area contributed by atoms with Gasteiger partial charge in [0.1, 0.15) is 11.0 Å². The number of anilines is 1. The second-order valence-corrected chi connectivity index (χ2v) is 6.27. The molecule has 0 aliphatic heterocycles. The lowest BCUT2D eigenvalue weighted by molar-refractivity contribution is 0.256. The summed E-state index contributed by atoms with van der Waals surface area (Å²) in [6.45, 7) is 5.39. The smallest absolute Gasteiger partial charge is 0.307 e. The Bertz CT molecular complexity index is 385. The molecule has 2 N–H and O–H groups in total. The molecule has 1 aromatic rings. The third-order valence-electron chi connectivity index (χ3n) is 1.77. The molecule has 0 spiro atoms. The number of amides is 2. The normalized spacial score (nSPS) is 12.9. The van der Waals surface area contributed by atoms with Gasteiger partial charge >= 0.3 is 6.03 Å². The van der Waals surface area contributed by atoms with Gasteiger partial charge in [0.05, 0.1) is 4.75 Å². The van der Waals surface area contributed by atoms with Crippen LogP contribution >= 0.6 is 0 Å². The molecule has 1 rings (SSSR count). The fourth-order valence-corrected chi connectivity index (χ4v) is 1.44. The molecule has 2 amide bonds. The number of rotatable bonds is 2. The standard InChI is InChI=1S/C11H16N2O2S/c1-11(2,3)16(15)13-10(14)12-9-7-5-4-6-8-9/h4-8H,1-3H3,(H2,12,13,14). The minimum atomic E-state index is -1.40. The zero-order chi connectivity index (χ0) is 12.2. The lowest BCUT2D eigenvalue weighted by Crippen LogP contribution is -2.39. The fourth-order valence-electron chi connectivity index (χ4n) is 0.915. The van der Waals surface area contributed by atoms with E-state index in [2.05, 4.69) is 10.0 Å². The van der Waals surface area contributed by atoms with Crippen LogP contribution in [0.2, 0.25) is 0 Å². The first-order chi connectivity index (χ1) is 7.39. The molecule has 0 bridgehead atoms. The summed E-state index contributed by atoms with van der Waals surface area (Å²) in [7, 11) is -1.40. The molecule has 0 heterocycles. The van der Waals surface area contributed by atoms with Gasteiger partial charge in [0.2, 0.25) is 0 Å². The van der Waals surface area contributed by atoms with Crippen molar-refractivity contribution < 1.29 is 9.00 Å². The minimum Gasteiger partial charge on any atom is -0.307 e. The monoisotopic (exact) mass is 240 g/mol. The summed E-state index contributed by atoms with van der Waals surface area (Å²) >= 11 is 0. The van der Waals surface area contributed by atoms with E-state index in [0.29, 0.717) is 5.69 Å². The number of benzene rings is 1. The maximum atomic E-state index is 11.6. The van der Waals surface area contributed by atoms with E-state index >= 15 is 0 Å². The Hall–Kier alpha value is -1.36. The van der Waals surface area contributed by atoms with Gasteiger partial charge in [-0.25, -0.2) is 9.00 Å². The molecule has 1 aromatic carbocycles. The Labute approximate surface area is 98.0 Å². The van der Waals surface area contributed by atoms with Crippen molar-refractivity contribution in [2.75, 3.05) is 5.32 Å². The summed E-state index contributed by atoms with van der Waals surface area (Å²) in [5.74, 6) is 0. The van der Waals surface area contributed by atoms with Crippen LogP contribution in [0, 0.1) is 0 Å². The molecule has 88 valence electrons. The highest BCUT2D eigenvalue weighted by Gasteiger charge is 2.21. The molecule has 5 heteroatoms. The van der Waals surface area contributed by atoms with E-state index in [9.17, 15) is 9.00 Å². The van der Waals surface area contributed by atoms with Crippen LogP contribution in [-0.4, -0.2) is 15.0 Å². The third kappa shape index (κ3) is 4.02. The molecule has 0 aromatic heterocycles. The van der Waals surface area contributed by atoms with Crippen molar-refractivity contribution in [1.82, 2.24) is 4.72 Å². The molecule has 4 nitrogen and oxygen atoms in total. The summed E-state index contributed by atoms with van der Waals surface area (Å²) in [6.07, 6.45) is 0. The Morgan fingerprint density at radius 3 is 2.25 bits per heavy atom. The van der Waals surface area contributed by atoms with Gasteiger partial charge in [-0.05, 0) is 32.9 Å². The molecular weight excluding hydrogens is 224 g/mol. The van der Waals surface area contributed by atoms with E-state index in [1.807, 2.05) is 18.2 Å². The number of carbonyl (C=O) groups is 1. The maximum Gasteiger partial charge on any atom is 0.331 e. The Morgan fingerprint density at radius 2 is 1.75 bits per heavy atom. The van der Waals surface area contributed by atoms with Crippen molar-refractivity contribution in [3.63, 3.8) is 0 Å². The molecule has 0 aliphatic rings. The zero-order valence-electron chi connectivity index (χ0n) is 9.61. The Morgan fingerprint density at radius 1 is 1.19 bits per heavy atom. The van der Waals surface area contributed by atoms with Crippen LogP contribution in [0.1, 0.15) is 20.8 Å². The molecule has 0 radical (unpaired) electrons. The van der Waals surface area contributed by atoms with Crippen molar-refractivity contribution in [2.24, 2.45) is 0 Å². The molecule has 1 unspecified atom stereocenters. The summed E-state index contributed by atoms with van der Waals surface area (Å²) in [5, 5.41) is 2.60. The predicted octanol–water partition coefficient (Wildman–Crippen LogP) is 2.27. The average Bonchev–Trinajstić information content (AvgIpc) is 2.17. The average molecular weight is 240 g/mol. The highest BCUT2D eigenvalue weighted by molar-refractivity contribution is 7.85. The van der Waals surface area contributed by atoms with Gasteiger partial charge in [-0.1, -0.05) is 18.2 Å². The van der Waals surface area contributed by atoms with Crippen molar-refractivity contribution in [3.05, 3.63) is 30.3 Å². The summed E-state index contributed by atoms with van der Waals surface area (Å²) in [6, 6.07) is 8.56. The fraction of sp³-hybridized carbons (Fsp3) is 0.364. The van der Waals surface area contributed by atoms with Gasteiger partial charge in [0, 0.05) is 5.69 Å². The van der Waals surface area contributed by atoms with Crippen LogP contribution in [0.25, 0.3) is 0 Å². The topological polar surface area (TPSA) is 58.2 Å². The van der Waals surface area contributed by atoms with Crippen LogP contribution in [0.15, 0.2) is 30.3 Å². The molecule has 0 saturated carbocycles. The highest BCUT2D eigenvalue weighted by Crippen LogP contribution is 2.09. The largest absolute Gasteiger partial charge is 0.331 e. The van der Waals surface area contributed by atoms with Gasteiger partial charge in [-0.2, -0.15) is 0 Å². The highest BCUT2D eigenvalue weighted by atomic mass is 32.2. The number of carbonyl (C=O) groups excluding carboxylic acids is 1. The predicted molar refractivity (Wildman–Crippen MR) is 66.5 cm³/mol. The second kappa shape index (κ2) is 5.12. The van der Waals surface area contributed by atoms with Gasteiger partial charge in [-0.3, -0.25) is 4.72 Å². The lowest BCUT2D eigenvalue weighted by Gasteiger charge is -2.18. The quantitative estimate of drug-likeness (QED) is 0.833. The van der Waals surface area contributed by atoms with Crippen molar-refractivity contribution in [3.8, 4) is 0 Å². The number of para-hydroxylation sites is 1. The van der Waals surface area contributed by atoms with Crippen LogP contribution in [0.3, 0.4) is 0 Å². The van der Waals surface area contributed by atoms with Crippen LogP contribution in [0.5, 0.6) is 0 Å². The summed E-state index contributed by atoms with van der Waals surface area (Å²) < 4.78 is 13.5. The SMILES string of the molecule is CC(C)(C)S(=O)NC(=O)Nc1ccccc1. The van der Waals surface area contributed by atoms with Crippen LogP contribution in [0.4, 0.5) is 10.5 Å². The first-order valence-corrected chi connectivity index (χ1v) is 6.09. The molecule has 0 aliphatic carbocycles. The number of hydrogen-bond donors (Lipinski definition) is 2. The lowest BCUT2D eigenvalue weighted by atomic mass is 10.3. The third-order valence-corrected chi connectivity index (χ3v) is 3.26. The molecule has 0 fully saturated rings. The zero-order valence-corrected chi connectivity index (χ0v) is 10.4. The number of hydrogen-bond acceptors (Lipinski definition) is 2. The van der Waals surface area contributed by atoms with E-state index in [-0.39, 0.29) is 0 Å². The van der Waals surface area contributed by atoms with E-state index in [4.69, 9.17) is 0 Å². The Balaban J connectivity index is 2.52. The summed E-state index contributed by atoms with van der Waals surface area (Å²) in [5.41, 5.74) is 0.672. The summed E-state index contributed by atoms with van der Waals surface area (Å²) in [4.78, 5) is 11.5. The number of urea groups is 1. The van der Waals surface area contributed by atoms with Crippen molar-refractivity contribution in [1.29, 1.82) is 0 Å². The maximum absolute atomic E-state index is 11.6. The van der Waals surface area contributed by atoms with Gasteiger partial charge in [0.25, 0.3) is 0 Å². The molecule has 1 atom stereocenters. The van der Waals surface area contributed by atoms with E-state index < -0.39 is 21.8 Å². The van der Waals surface area contributed by atoms with Crippen molar-refractivity contribution >= 4 is 22.7 Å². The van der Waals surface area contributed by atoms with Gasteiger partial charge in [0.15, 0.2) is 0 Å². The van der Waals surface area contributed by atoms with E-state index in [1.165, 1.54) is 0 Å². The molecule has 0 saturated heterocycles. The second-order valence-electron chi connectivity index (χ2n) is 4.30. The van der Waals surface area contributed by atoms with Gasteiger partial charge in [-0.15, -0.1) is 0 Å². The Kier molecular flexibility index (Phi) is 4.06. The first-order valence-electron chi connectivity index (χ1n) is 4.94. The van der Waals surface area contributed by atoms with Crippen LogP contribution in [-0.2, 0) is 11.0 Å². The molecular formula is C11H16N2O2S. The first kappa shape index (κ1) is 12.7. The minimum absolute atomic E-state index is 0.459. The van der Waals surface area contributed by atoms with E-state index in [1.54, 1.807) is 32.9 Å².